The number of hydrogen-bond acceptors (Lipinski definition) is 2. The first-order valence-corrected chi connectivity index (χ1v) is 6.76. The van der Waals surface area contributed by atoms with Crippen molar-refractivity contribution in [2.45, 2.75) is 12.8 Å². The Morgan fingerprint density at radius 1 is 1.50 bits per heavy atom. The van der Waals surface area contributed by atoms with Crippen molar-refractivity contribution in [2.24, 2.45) is 0 Å². The lowest BCUT2D eigenvalue weighted by Crippen LogP contribution is -2.33. The highest BCUT2D eigenvalue weighted by molar-refractivity contribution is 9.10. The van der Waals surface area contributed by atoms with Crippen molar-refractivity contribution in [3.8, 4) is 0 Å². The van der Waals surface area contributed by atoms with Crippen molar-refractivity contribution < 1.29 is 9.59 Å². The average molecular weight is 332 g/mol. The number of carbonyl (C=O) groups excluding carboxylic acids is 2. The van der Waals surface area contributed by atoms with Gasteiger partial charge in [-0.1, -0.05) is 11.6 Å². The largest absolute Gasteiger partial charge is 0.333 e. The molecule has 6 heteroatoms. The molecule has 0 aliphatic carbocycles. The molecule has 0 bridgehead atoms. The summed E-state index contributed by atoms with van der Waals surface area (Å²) < 4.78 is 0.775. The highest BCUT2D eigenvalue weighted by Crippen LogP contribution is 2.25. The lowest BCUT2D eigenvalue weighted by molar-refractivity contribution is -0.131. The molecule has 0 aromatic heterocycles. The van der Waals surface area contributed by atoms with Crippen LogP contribution < -0.4 is 5.32 Å². The maximum absolute atomic E-state index is 11.8. The van der Waals surface area contributed by atoms with Crippen LogP contribution in [0.4, 0.5) is 5.69 Å². The standard InChI is InChI=1S/C12H12BrClN2O2/c13-9-4-3-8(6-10(9)14)15-11(17)7-16-5-1-2-12(16)18/h3-4,6H,1-2,5,7H2,(H,15,17). The first-order valence-electron chi connectivity index (χ1n) is 5.59. The number of carbonyl (C=O) groups is 2. The van der Waals surface area contributed by atoms with Gasteiger partial charge in [-0.2, -0.15) is 0 Å². The van der Waals surface area contributed by atoms with Crippen LogP contribution in [0, 0.1) is 0 Å². The number of hydrogen-bond donors (Lipinski definition) is 1. The van der Waals surface area contributed by atoms with Crippen molar-refractivity contribution in [2.75, 3.05) is 18.4 Å². The summed E-state index contributed by atoms with van der Waals surface area (Å²) in [6, 6.07) is 5.17. The molecule has 0 atom stereocenters. The van der Waals surface area contributed by atoms with E-state index in [1.165, 1.54) is 0 Å². The van der Waals surface area contributed by atoms with Crippen LogP contribution in [-0.4, -0.2) is 29.8 Å². The van der Waals surface area contributed by atoms with Crippen LogP contribution in [0.1, 0.15) is 12.8 Å². The van der Waals surface area contributed by atoms with E-state index in [9.17, 15) is 9.59 Å². The number of anilines is 1. The fourth-order valence-corrected chi connectivity index (χ4v) is 2.25. The Labute approximate surface area is 118 Å². The van der Waals surface area contributed by atoms with E-state index in [-0.39, 0.29) is 18.4 Å². The average Bonchev–Trinajstić information content (AvgIpc) is 2.70. The van der Waals surface area contributed by atoms with Crippen LogP contribution in [-0.2, 0) is 9.59 Å². The summed E-state index contributed by atoms with van der Waals surface area (Å²) in [5.74, 6) is -0.164. The maximum Gasteiger partial charge on any atom is 0.243 e. The summed E-state index contributed by atoms with van der Waals surface area (Å²) in [7, 11) is 0. The van der Waals surface area contributed by atoms with Crippen LogP contribution in [0.3, 0.4) is 0 Å². The second-order valence-electron chi connectivity index (χ2n) is 4.10. The minimum absolute atomic E-state index is 0.0407. The Morgan fingerprint density at radius 2 is 2.28 bits per heavy atom. The van der Waals surface area contributed by atoms with Crippen LogP contribution >= 0.6 is 27.5 Å². The predicted octanol–water partition coefficient (Wildman–Crippen LogP) is 2.66. The molecule has 1 aliphatic heterocycles. The maximum atomic E-state index is 11.8. The smallest absolute Gasteiger partial charge is 0.243 e. The molecular weight excluding hydrogens is 320 g/mol. The van der Waals surface area contributed by atoms with Crippen molar-refractivity contribution in [1.29, 1.82) is 0 Å². The fourth-order valence-electron chi connectivity index (χ4n) is 1.82. The third-order valence-electron chi connectivity index (χ3n) is 2.71. The molecule has 0 radical (unpaired) electrons. The zero-order valence-electron chi connectivity index (χ0n) is 9.58. The molecule has 4 nitrogen and oxygen atoms in total. The van der Waals surface area contributed by atoms with Gasteiger partial charge in [-0.05, 0) is 40.5 Å². The number of rotatable bonds is 3. The molecule has 2 rings (SSSR count). The third-order valence-corrected chi connectivity index (χ3v) is 3.94. The molecule has 2 amide bonds. The van der Waals surface area contributed by atoms with Crippen molar-refractivity contribution in [3.63, 3.8) is 0 Å². The molecule has 1 fully saturated rings. The minimum atomic E-state index is -0.205. The fraction of sp³-hybridized carbons (Fsp3) is 0.333. The molecule has 18 heavy (non-hydrogen) atoms. The molecule has 96 valence electrons. The molecule has 1 aromatic rings. The van der Waals surface area contributed by atoms with Crippen LogP contribution in [0.15, 0.2) is 22.7 Å². The summed E-state index contributed by atoms with van der Waals surface area (Å²) >= 11 is 9.20. The Morgan fingerprint density at radius 3 is 2.89 bits per heavy atom. The molecular formula is C12H12BrClN2O2. The Balaban J connectivity index is 1.94. The van der Waals surface area contributed by atoms with Crippen LogP contribution in [0.2, 0.25) is 5.02 Å². The second-order valence-corrected chi connectivity index (χ2v) is 5.36. The highest BCUT2D eigenvalue weighted by Gasteiger charge is 2.22. The molecule has 1 N–H and O–H groups in total. The third kappa shape index (κ3) is 3.23. The molecule has 1 heterocycles. The van der Waals surface area contributed by atoms with Gasteiger partial charge in [0.1, 0.15) is 0 Å². The summed E-state index contributed by atoms with van der Waals surface area (Å²) in [5, 5.41) is 3.25. The highest BCUT2D eigenvalue weighted by atomic mass is 79.9. The van der Waals surface area contributed by atoms with E-state index in [4.69, 9.17) is 11.6 Å². The molecule has 0 spiro atoms. The molecule has 0 saturated carbocycles. The monoisotopic (exact) mass is 330 g/mol. The zero-order chi connectivity index (χ0) is 13.1. The number of amides is 2. The number of nitrogens with zero attached hydrogens (tertiary/aromatic N) is 1. The summed E-state index contributed by atoms with van der Waals surface area (Å²) in [6.07, 6.45) is 1.37. The van der Waals surface area contributed by atoms with E-state index >= 15 is 0 Å². The van der Waals surface area contributed by atoms with Gasteiger partial charge in [0, 0.05) is 23.1 Å². The number of likely N-dealkylation sites (tertiary alicyclic amines) is 1. The zero-order valence-corrected chi connectivity index (χ0v) is 11.9. The van der Waals surface area contributed by atoms with E-state index in [2.05, 4.69) is 21.2 Å². The van der Waals surface area contributed by atoms with E-state index in [0.29, 0.717) is 23.7 Å². The lowest BCUT2D eigenvalue weighted by atomic mass is 10.3. The van der Waals surface area contributed by atoms with E-state index in [0.717, 1.165) is 10.9 Å². The van der Waals surface area contributed by atoms with Gasteiger partial charge in [0.2, 0.25) is 11.8 Å². The molecule has 1 aromatic carbocycles. The van der Waals surface area contributed by atoms with Crippen molar-refractivity contribution in [3.05, 3.63) is 27.7 Å². The van der Waals surface area contributed by atoms with Gasteiger partial charge < -0.3 is 10.2 Å². The van der Waals surface area contributed by atoms with E-state index < -0.39 is 0 Å². The first kappa shape index (κ1) is 13.4. The SMILES string of the molecule is O=C(CN1CCCC1=O)Nc1ccc(Br)c(Cl)c1. The minimum Gasteiger partial charge on any atom is -0.333 e. The summed E-state index contributed by atoms with van der Waals surface area (Å²) in [4.78, 5) is 24.7. The first-order chi connectivity index (χ1) is 8.56. The second kappa shape index (κ2) is 5.71. The Kier molecular flexibility index (Phi) is 4.24. The topological polar surface area (TPSA) is 49.4 Å². The van der Waals surface area contributed by atoms with Gasteiger partial charge in [-0.3, -0.25) is 9.59 Å². The quantitative estimate of drug-likeness (QED) is 0.926. The molecule has 0 unspecified atom stereocenters. The Bertz CT molecular complexity index is 493. The summed E-state index contributed by atoms with van der Waals surface area (Å²) in [6.45, 7) is 0.764. The lowest BCUT2D eigenvalue weighted by Gasteiger charge is -2.15. The predicted molar refractivity (Wildman–Crippen MR) is 73.6 cm³/mol. The van der Waals surface area contributed by atoms with Crippen molar-refractivity contribution >= 4 is 45.0 Å². The summed E-state index contributed by atoms with van der Waals surface area (Å²) in [5.41, 5.74) is 0.625. The van der Waals surface area contributed by atoms with Crippen LogP contribution in [0.25, 0.3) is 0 Å². The van der Waals surface area contributed by atoms with E-state index in [1.54, 1.807) is 23.1 Å². The van der Waals surface area contributed by atoms with Crippen molar-refractivity contribution in [1.82, 2.24) is 4.90 Å². The van der Waals surface area contributed by atoms with E-state index in [1.807, 2.05) is 0 Å². The normalized spacial score (nSPS) is 15.0. The number of halogens is 2. The van der Waals surface area contributed by atoms with Gasteiger partial charge in [0.05, 0.1) is 11.6 Å². The number of nitrogens with one attached hydrogen (secondary N) is 1. The van der Waals surface area contributed by atoms with Crippen LogP contribution in [0.5, 0.6) is 0 Å². The van der Waals surface area contributed by atoms with Gasteiger partial charge >= 0.3 is 0 Å². The van der Waals surface area contributed by atoms with Gasteiger partial charge in [0.15, 0.2) is 0 Å². The molecule has 1 aliphatic rings. The van der Waals surface area contributed by atoms with Gasteiger partial charge in [0.25, 0.3) is 0 Å². The Hall–Kier alpha value is -1.07. The van der Waals surface area contributed by atoms with Gasteiger partial charge in [-0.25, -0.2) is 0 Å². The van der Waals surface area contributed by atoms with Gasteiger partial charge in [-0.15, -0.1) is 0 Å². The number of benzene rings is 1. The molecule has 1 saturated heterocycles.